The molecule has 5 heteroatoms. The quantitative estimate of drug-likeness (QED) is 0.207. The van der Waals surface area contributed by atoms with Gasteiger partial charge in [-0.1, -0.05) is 58.3 Å². The summed E-state index contributed by atoms with van der Waals surface area (Å²) >= 11 is 12.7. The third-order valence-corrected chi connectivity index (χ3v) is 5.50. The first-order valence-corrected chi connectivity index (χ1v) is 10.4. The molecule has 0 aliphatic rings. The predicted molar refractivity (Wildman–Crippen MR) is 103 cm³/mol. The van der Waals surface area contributed by atoms with Crippen molar-refractivity contribution in [3.8, 4) is 0 Å². The summed E-state index contributed by atoms with van der Waals surface area (Å²) in [5.41, 5.74) is 0. The Kier molecular flexibility index (Phi) is 16.5. The Hall–Kier alpha value is 0.01000. The lowest BCUT2D eigenvalue weighted by Gasteiger charge is -2.19. The van der Waals surface area contributed by atoms with E-state index in [9.17, 15) is 9.90 Å². The van der Waals surface area contributed by atoms with Gasteiger partial charge in [-0.15, -0.1) is 23.2 Å². The lowest BCUT2D eigenvalue weighted by atomic mass is 10.0. The fourth-order valence-electron chi connectivity index (χ4n) is 2.75. The zero-order valence-electron chi connectivity index (χ0n) is 15.4. The van der Waals surface area contributed by atoms with Crippen LogP contribution in [0.25, 0.3) is 0 Å². The Morgan fingerprint density at radius 3 is 2.17 bits per heavy atom. The van der Waals surface area contributed by atoms with Gasteiger partial charge in [0.05, 0.1) is 24.0 Å². The van der Waals surface area contributed by atoms with Crippen LogP contribution in [0.1, 0.15) is 90.4 Å². The number of aliphatic hydroxyl groups is 1. The van der Waals surface area contributed by atoms with Gasteiger partial charge in [-0.25, -0.2) is 0 Å². The molecule has 0 bridgehead atoms. The normalized spacial score (nSPS) is 15.0. The molecule has 0 saturated heterocycles. The van der Waals surface area contributed by atoms with Crippen molar-refractivity contribution in [2.75, 3.05) is 7.11 Å². The van der Waals surface area contributed by atoms with Crippen LogP contribution in [0.15, 0.2) is 0 Å². The molecule has 0 aromatic rings. The summed E-state index contributed by atoms with van der Waals surface area (Å²) in [5, 5.41) is 9.78. The van der Waals surface area contributed by atoms with Crippen molar-refractivity contribution in [2.45, 2.75) is 107 Å². The average Bonchev–Trinajstić information content (AvgIpc) is 2.57. The number of alkyl halides is 2. The van der Waals surface area contributed by atoms with Gasteiger partial charge >= 0.3 is 5.97 Å². The molecule has 0 aromatic carbocycles. The van der Waals surface area contributed by atoms with Crippen molar-refractivity contribution in [1.29, 1.82) is 0 Å². The van der Waals surface area contributed by atoms with Crippen LogP contribution in [-0.4, -0.2) is 35.0 Å². The Morgan fingerprint density at radius 1 is 0.917 bits per heavy atom. The van der Waals surface area contributed by atoms with Crippen molar-refractivity contribution in [3.63, 3.8) is 0 Å². The van der Waals surface area contributed by atoms with Crippen LogP contribution in [0, 0.1) is 0 Å². The van der Waals surface area contributed by atoms with Crippen LogP contribution < -0.4 is 0 Å². The van der Waals surface area contributed by atoms with E-state index >= 15 is 0 Å². The van der Waals surface area contributed by atoms with E-state index in [1.165, 1.54) is 26.4 Å². The highest BCUT2D eigenvalue weighted by Crippen LogP contribution is 2.23. The smallest absolute Gasteiger partial charge is 0.305 e. The zero-order chi connectivity index (χ0) is 18.2. The summed E-state index contributed by atoms with van der Waals surface area (Å²) in [6.07, 6.45) is 12.3. The molecule has 0 aromatic heterocycles. The number of methoxy groups -OCH3 is 1. The monoisotopic (exact) mass is 382 g/mol. The molecule has 144 valence electrons. The van der Waals surface area contributed by atoms with Gasteiger partial charge in [0.15, 0.2) is 0 Å². The molecule has 3 atom stereocenters. The fraction of sp³-hybridized carbons (Fsp3) is 0.947. The highest BCUT2D eigenvalue weighted by molar-refractivity contribution is 6.30. The van der Waals surface area contributed by atoms with E-state index in [0.717, 1.165) is 51.4 Å². The summed E-state index contributed by atoms with van der Waals surface area (Å²) in [4.78, 5) is 11.0. The lowest BCUT2D eigenvalue weighted by molar-refractivity contribution is -0.140. The third kappa shape index (κ3) is 14.4. The molecule has 0 aliphatic heterocycles. The molecule has 0 fully saturated rings. The van der Waals surface area contributed by atoms with E-state index in [2.05, 4.69) is 11.7 Å². The van der Waals surface area contributed by atoms with Gasteiger partial charge in [0.1, 0.15) is 0 Å². The first-order chi connectivity index (χ1) is 11.5. The second-order valence-electron chi connectivity index (χ2n) is 6.65. The first-order valence-electron chi connectivity index (χ1n) is 9.54. The summed E-state index contributed by atoms with van der Waals surface area (Å²) in [5.74, 6) is -0.131. The number of ether oxygens (including phenoxy) is 1. The minimum absolute atomic E-state index is 0.0768. The van der Waals surface area contributed by atoms with Crippen LogP contribution in [0.2, 0.25) is 0 Å². The van der Waals surface area contributed by atoms with Gasteiger partial charge in [-0.2, -0.15) is 0 Å². The number of rotatable bonds is 16. The number of carbonyl (C=O) groups excluding carboxylic acids is 1. The van der Waals surface area contributed by atoms with Crippen LogP contribution in [0.5, 0.6) is 0 Å². The van der Waals surface area contributed by atoms with Crippen molar-refractivity contribution in [3.05, 3.63) is 0 Å². The van der Waals surface area contributed by atoms with E-state index < -0.39 is 0 Å². The molecule has 24 heavy (non-hydrogen) atoms. The number of hydrogen-bond donors (Lipinski definition) is 1. The molecule has 1 N–H and O–H groups in total. The van der Waals surface area contributed by atoms with Gasteiger partial charge < -0.3 is 9.84 Å². The molecule has 3 nitrogen and oxygen atoms in total. The molecule has 0 heterocycles. The maximum absolute atomic E-state index is 11.0. The number of aliphatic hydroxyl groups excluding tert-OH is 1. The minimum Gasteiger partial charge on any atom is -0.469 e. The molecule has 0 aliphatic carbocycles. The summed E-state index contributed by atoms with van der Waals surface area (Å²) in [6, 6.07) is 0. The molecule has 0 amide bonds. The topological polar surface area (TPSA) is 46.5 Å². The van der Waals surface area contributed by atoms with Crippen molar-refractivity contribution in [1.82, 2.24) is 0 Å². The summed E-state index contributed by atoms with van der Waals surface area (Å²) in [7, 11) is 1.42. The zero-order valence-corrected chi connectivity index (χ0v) is 17.0. The average molecular weight is 383 g/mol. The maximum Gasteiger partial charge on any atom is 0.305 e. The summed E-state index contributed by atoms with van der Waals surface area (Å²) in [6.45, 7) is 2.18. The van der Waals surface area contributed by atoms with Crippen LogP contribution in [-0.2, 0) is 9.53 Å². The second kappa shape index (κ2) is 16.5. The van der Waals surface area contributed by atoms with Crippen LogP contribution >= 0.6 is 23.2 Å². The molecular formula is C19H36Cl2O3. The standard InChI is InChI=1S/C19H36Cl2O3/c1-3-4-5-9-12-16(22)15-18(21)17(20)13-10-7-6-8-11-14-19(23)24-2/h16-18,22H,3-15H2,1-2H3. The molecular weight excluding hydrogens is 347 g/mol. The lowest BCUT2D eigenvalue weighted by Crippen LogP contribution is -2.22. The third-order valence-electron chi connectivity index (χ3n) is 4.37. The van der Waals surface area contributed by atoms with Crippen molar-refractivity contribution >= 4 is 29.2 Å². The Bertz CT molecular complexity index is 300. The number of halogens is 2. The van der Waals surface area contributed by atoms with Crippen LogP contribution in [0.4, 0.5) is 0 Å². The maximum atomic E-state index is 11.0. The largest absolute Gasteiger partial charge is 0.469 e. The van der Waals surface area contributed by atoms with E-state index in [0.29, 0.717) is 12.8 Å². The minimum atomic E-state index is -0.330. The second-order valence-corrected chi connectivity index (χ2v) is 7.77. The highest BCUT2D eigenvalue weighted by atomic mass is 35.5. The van der Waals surface area contributed by atoms with Crippen molar-refractivity contribution < 1.29 is 14.6 Å². The molecule has 0 rings (SSSR count). The fourth-order valence-corrected chi connectivity index (χ4v) is 3.34. The van der Waals surface area contributed by atoms with E-state index in [-0.39, 0.29) is 22.8 Å². The van der Waals surface area contributed by atoms with Crippen LogP contribution in [0.3, 0.4) is 0 Å². The number of unbranched alkanes of at least 4 members (excludes halogenated alkanes) is 7. The van der Waals surface area contributed by atoms with Gasteiger partial charge in [-0.3, -0.25) is 4.79 Å². The predicted octanol–water partition coefficient (Wildman–Crippen LogP) is 5.83. The molecule has 0 spiro atoms. The van der Waals surface area contributed by atoms with Gasteiger partial charge in [-0.05, 0) is 25.7 Å². The molecule has 0 radical (unpaired) electrons. The number of hydrogen-bond acceptors (Lipinski definition) is 3. The molecule has 3 unspecified atom stereocenters. The first kappa shape index (κ1) is 24.0. The van der Waals surface area contributed by atoms with E-state index in [1.807, 2.05) is 0 Å². The van der Waals surface area contributed by atoms with Gasteiger partial charge in [0.25, 0.3) is 0 Å². The Morgan fingerprint density at radius 2 is 1.50 bits per heavy atom. The number of esters is 1. The Labute approximate surface area is 158 Å². The van der Waals surface area contributed by atoms with E-state index in [1.54, 1.807) is 0 Å². The van der Waals surface area contributed by atoms with Gasteiger partial charge in [0.2, 0.25) is 0 Å². The van der Waals surface area contributed by atoms with Gasteiger partial charge in [0, 0.05) is 6.42 Å². The Balaban J connectivity index is 3.57. The van der Waals surface area contributed by atoms with E-state index in [4.69, 9.17) is 23.2 Å². The molecule has 0 saturated carbocycles. The number of carbonyl (C=O) groups is 1. The summed E-state index contributed by atoms with van der Waals surface area (Å²) < 4.78 is 4.61. The highest BCUT2D eigenvalue weighted by Gasteiger charge is 2.19. The SMILES string of the molecule is CCCCCCC(O)CC(Cl)C(Cl)CCCCCCCC(=O)OC. The van der Waals surface area contributed by atoms with Crippen molar-refractivity contribution in [2.24, 2.45) is 0 Å².